The zero-order valence-corrected chi connectivity index (χ0v) is 11.4. The van der Waals surface area contributed by atoms with Crippen molar-refractivity contribution in [3.63, 3.8) is 0 Å². The lowest BCUT2D eigenvalue weighted by Gasteiger charge is -2.26. The average molecular weight is 277 g/mol. The van der Waals surface area contributed by atoms with E-state index in [0.29, 0.717) is 19.0 Å². The smallest absolute Gasteiger partial charge is 0.311 e. The second kappa shape index (κ2) is 7.60. The van der Waals surface area contributed by atoms with E-state index in [1.165, 1.54) is 16.7 Å². The van der Waals surface area contributed by atoms with Gasteiger partial charge in [-0.15, -0.1) is 11.8 Å². The molecule has 18 heavy (non-hydrogen) atoms. The van der Waals surface area contributed by atoms with Crippen LogP contribution in [0.4, 0.5) is 0 Å². The normalized spacial score (nSPS) is 23.0. The summed E-state index contributed by atoms with van der Waals surface area (Å²) in [7, 11) is 3.25. The van der Waals surface area contributed by atoms with Gasteiger partial charge in [0.1, 0.15) is 5.92 Å². The number of carbonyl (C=O) groups is 2. The number of methoxy groups -OCH3 is 1. The first-order valence-corrected chi connectivity index (χ1v) is 6.86. The minimum absolute atomic E-state index is 0.0714. The molecule has 1 rings (SSSR count). The molecule has 0 aliphatic carbocycles. The third-order valence-corrected chi connectivity index (χ3v) is 3.82. The number of carbonyl (C=O) groups excluding carboxylic acids is 1. The highest BCUT2D eigenvalue weighted by Gasteiger charge is 2.38. The SMILES string of the molecule is COCCSCC(=O)N(C)C1COCC1C(=O)O. The molecule has 1 heterocycles. The molecule has 2 unspecified atom stereocenters. The first-order chi connectivity index (χ1) is 8.57. The fraction of sp³-hybridized carbons (Fsp3) is 0.818. The van der Waals surface area contributed by atoms with Crippen molar-refractivity contribution in [3.8, 4) is 0 Å². The maximum Gasteiger partial charge on any atom is 0.311 e. The lowest BCUT2D eigenvalue weighted by molar-refractivity contribution is -0.144. The Labute approximate surface area is 111 Å². The highest BCUT2D eigenvalue weighted by molar-refractivity contribution is 7.99. The van der Waals surface area contributed by atoms with Crippen LogP contribution in [0.1, 0.15) is 0 Å². The molecule has 1 N–H and O–H groups in total. The van der Waals surface area contributed by atoms with Gasteiger partial charge in [-0.3, -0.25) is 9.59 Å². The molecule has 1 saturated heterocycles. The van der Waals surface area contributed by atoms with Crippen LogP contribution in [-0.2, 0) is 19.1 Å². The largest absolute Gasteiger partial charge is 0.481 e. The van der Waals surface area contributed by atoms with Crippen molar-refractivity contribution in [1.29, 1.82) is 0 Å². The van der Waals surface area contributed by atoms with Gasteiger partial charge in [0, 0.05) is 19.9 Å². The molecule has 1 aliphatic rings. The number of carboxylic acids is 1. The maximum atomic E-state index is 11.9. The first kappa shape index (κ1) is 15.3. The second-order valence-corrected chi connectivity index (χ2v) is 5.20. The zero-order chi connectivity index (χ0) is 13.5. The number of hydrogen-bond acceptors (Lipinski definition) is 5. The van der Waals surface area contributed by atoms with Crippen molar-refractivity contribution >= 4 is 23.6 Å². The number of likely N-dealkylation sites (N-methyl/N-ethyl adjacent to an activating group) is 1. The van der Waals surface area contributed by atoms with Gasteiger partial charge >= 0.3 is 5.97 Å². The van der Waals surface area contributed by atoms with E-state index in [0.717, 1.165) is 5.75 Å². The lowest BCUT2D eigenvalue weighted by atomic mass is 10.0. The summed E-state index contributed by atoms with van der Waals surface area (Å²) in [6, 6.07) is -0.363. The quantitative estimate of drug-likeness (QED) is 0.656. The molecular weight excluding hydrogens is 258 g/mol. The number of hydrogen-bond donors (Lipinski definition) is 1. The fourth-order valence-electron chi connectivity index (χ4n) is 1.75. The molecule has 2 atom stereocenters. The topological polar surface area (TPSA) is 76.1 Å². The summed E-state index contributed by atoms with van der Waals surface area (Å²) in [5.41, 5.74) is 0. The summed E-state index contributed by atoms with van der Waals surface area (Å²) in [4.78, 5) is 24.4. The van der Waals surface area contributed by atoms with E-state index < -0.39 is 11.9 Å². The first-order valence-electron chi connectivity index (χ1n) is 5.70. The highest BCUT2D eigenvalue weighted by atomic mass is 32.2. The van der Waals surface area contributed by atoms with Gasteiger partial charge in [0.15, 0.2) is 0 Å². The van der Waals surface area contributed by atoms with Crippen LogP contribution in [0.15, 0.2) is 0 Å². The molecule has 0 radical (unpaired) electrons. The van der Waals surface area contributed by atoms with Gasteiger partial charge in [0.25, 0.3) is 0 Å². The summed E-state index contributed by atoms with van der Waals surface area (Å²) in [5.74, 6) is -0.521. The van der Waals surface area contributed by atoms with Gasteiger partial charge in [-0.25, -0.2) is 0 Å². The van der Waals surface area contributed by atoms with E-state index in [4.69, 9.17) is 14.6 Å². The Morgan fingerprint density at radius 3 is 2.83 bits per heavy atom. The van der Waals surface area contributed by atoms with E-state index in [1.807, 2.05) is 0 Å². The standard InChI is InChI=1S/C11H19NO5S/c1-12(10(13)7-18-4-3-16-2)9-6-17-5-8(9)11(14)15/h8-9H,3-7H2,1-2H3,(H,14,15). The molecule has 104 valence electrons. The number of amides is 1. The van der Waals surface area contributed by atoms with E-state index in [1.54, 1.807) is 14.2 Å². The highest BCUT2D eigenvalue weighted by Crippen LogP contribution is 2.19. The number of carboxylic acid groups (broad SMARTS) is 1. The summed E-state index contributed by atoms with van der Waals surface area (Å²) in [6.45, 7) is 1.07. The van der Waals surface area contributed by atoms with E-state index in [9.17, 15) is 9.59 Å². The Balaban J connectivity index is 2.40. The van der Waals surface area contributed by atoms with E-state index in [-0.39, 0.29) is 18.6 Å². The maximum absolute atomic E-state index is 11.9. The van der Waals surface area contributed by atoms with Crippen molar-refractivity contribution in [2.45, 2.75) is 6.04 Å². The zero-order valence-electron chi connectivity index (χ0n) is 10.6. The van der Waals surface area contributed by atoms with E-state index >= 15 is 0 Å². The van der Waals surface area contributed by atoms with E-state index in [2.05, 4.69) is 0 Å². The van der Waals surface area contributed by atoms with Crippen LogP contribution in [0.25, 0.3) is 0 Å². The Hall–Kier alpha value is -0.790. The van der Waals surface area contributed by atoms with Crippen molar-refractivity contribution in [3.05, 3.63) is 0 Å². The molecule has 0 saturated carbocycles. The van der Waals surface area contributed by atoms with Crippen LogP contribution in [0.5, 0.6) is 0 Å². The van der Waals surface area contributed by atoms with Crippen LogP contribution in [-0.4, -0.2) is 73.4 Å². The van der Waals surface area contributed by atoms with Gasteiger partial charge in [-0.1, -0.05) is 0 Å². The van der Waals surface area contributed by atoms with Crippen molar-refractivity contribution in [2.24, 2.45) is 5.92 Å². The van der Waals surface area contributed by atoms with Crippen LogP contribution in [0.3, 0.4) is 0 Å². The summed E-state index contributed by atoms with van der Waals surface area (Å²) in [6.07, 6.45) is 0. The molecule has 7 heteroatoms. The Bertz CT molecular complexity index is 299. The third kappa shape index (κ3) is 4.15. The van der Waals surface area contributed by atoms with Gasteiger partial charge in [0.05, 0.1) is 31.6 Å². The Morgan fingerprint density at radius 1 is 1.50 bits per heavy atom. The summed E-state index contributed by atoms with van der Waals surface area (Å²) < 4.78 is 10.0. The number of ether oxygens (including phenoxy) is 2. The van der Waals surface area contributed by atoms with Gasteiger partial charge in [-0.2, -0.15) is 0 Å². The summed E-state index contributed by atoms with van der Waals surface area (Å²) in [5, 5.41) is 9.02. The second-order valence-electron chi connectivity index (χ2n) is 4.10. The number of thioether (sulfide) groups is 1. The van der Waals surface area contributed by atoms with Gasteiger partial charge in [-0.05, 0) is 0 Å². The molecule has 0 aromatic rings. The Kier molecular flexibility index (Phi) is 6.45. The molecule has 0 aromatic heterocycles. The molecule has 6 nitrogen and oxygen atoms in total. The predicted octanol–water partition coefficient (Wildman–Crippen LogP) is -0.0760. The number of aliphatic carboxylic acids is 1. The lowest BCUT2D eigenvalue weighted by Crippen LogP contribution is -2.44. The molecular formula is C11H19NO5S. The van der Waals surface area contributed by atoms with Crippen molar-refractivity contribution in [2.75, 3.05) is 45.5 Å². The average Bonchev–Trinajstić information content (AvgIpc) is 2.82. The van der Waals surface area contributed by atoms with Crippen LogP contribution in [0, 0.1) is 5.92 Å². The molecule has 0 spiro atoms. The van der Waals surface area contributed by atoms with Gasteiger partial charge in [0.2, 0.25) is 5.91 Å². The summed E-state index contributed by atoms with van der Waals surface area (Å²) >= 11 is 1.48. The van der Waals surface area contributed by atoms with Crippen LogP contribution >= 0.6 is 11.8 Å². The third-order valence-electron chi connectivity index (χ3n) is 2.92. The van der Waals surface area contributed by atoms with Gasteiger partial charge < -0.3 is 19.5 Å². The predicted molar refractivity (Wildman–Crippen MR) is 67.7 cm³/mol. The minimum Gasteiger partial charge on any atom is -0.481 e. The minimum atomic E-state index is -0.913. The molecule has 1 aliphatic heterocycles. The van der Waals surface area contributed by atoms with Crippen LogP contribution in [0.2, 0.25) is 0 Å². The monoisotopic (exact) mass is 277 g/mol. The molecule has 0 bridgehead atoms. The number of rotatable bonds is 7. The fourth-order valence-corrected chi connectivity index (χ4v) is 2.56. The number of nitrogens with zero attached hydrogens (tertiary/aromatic N) is 1. The molecule has 1 amide bonds. The van der Waals surface area contributed by atoms with Crippen molar-refractivity contribution in [1.82, 2.24) is 4.90 Å². The molecule has 0 aromatic carbocycles. The Morgan fingerprint density at radius 2 is 2.22 bits per heavy atom. The van der Waals surface area contributed by atoms with Crippen molar-refractivity contribution < 1.29 is 24.2 Å². The molecule has 1 fully saturated rings. The van der Waals surface area contributed by atoms with Crippen LogP contribution < -0.4 is 0 Å².